The van der Waals surface area contributed by atoms with Crippen molar-refractivity contribution in [1.82, 2.24) is 9.13 Å². The Morgan fingerprint density at radius 1 is 0.731 bits per heavy atom. The van der Waals surface area contributed by atoms with E-state index in [0.29, 0.717) is 13.1 Å². The zero-order chi connectivity index (χ0) is 18.1. The SMILES string of the molecule is Cc1cc(C)c2c(c1)n(Cc1ccccc1)c(=O)n2Cc1ccccc1. The van der Waals surface area contributed by atoms with Crippen molar-refractivity contribution < 1.29 is 0 Å². The fourth-order valence-corrected chi connectivity index (χ4v) is 3.67. The van der Waals surface area contributed by atoms with Crippen LogP contribution in [0.4, 0.5) is 0 Å². The first kappa shape index (κ1) is 16.4. The van der Waals surface area contributed by atoms with Crippen molar-refractivity contribution in [3.8, 4) is 0 Å². The van der Waals surface area contributed by atoms with E-state index in [-0.39, 0.29) is 5.69 Å². The minimum absolute atomic E-state index is 0.0430. The summed E-state index contributed by atoms with van der Waals surface area (Å²) in [5.74, 6) is 0. The predicted octanol–water partition coefficient (Wildman–Crippen LogP) is 4.52. The van der Waals surface area contributed by atoms with Crippen molar-refractivity contribution in [2.75, 3.05) is 0 Å². The third-order valence-electron chi connectivity index (χ3n) is 4.81. The smallest absolute Gasteiger partial charge is 0.287 e. The van der Waals surface area contributed by atoms with Crippen LogP contribution in [0.25, 0.3) is 11.0 Å². The maximum absolute atomic E-state index is 13.3. The number of nitrogens with zero attached hydrogens (tertiary/aromatic N) is 2. The zero-order valence-corrected chi connectivity index (χ0v) is 15.1. The van der Waals surface area contributed by atoms with Crippen LogP contribution < -0.4 is 5.69 Å². The van der Waals surface area contributed by atoms with Gasteiger partial charge in [-0.1, -0.05) is 66.7 Å². The Morgan fingerprint density at radius 3 is 1.85 bits per heavy atom. The topological polar surface area (TPSA) is 26.9 Å². The average molecular weight is 342 g/mol. The lowest BCUT2D eigenvalue weighted by Gasteiger charge is -2.06. The van der Waals surface area contributed by atoms with Gasteiger partial charge in [0.05, 0.1) is 24.1 Å². The molecular formula is C23H22N2O. The average Bonchev–Trinajstić information content (AvgIpc) is 2.89. The molecule has 0 saturated heterocycles. The Labute approximate surface area is 153 Å². The van der Waals surface area contributed by atoms with Gasteiger partial charge in [-0.15, -0.1) is 0 Å². The highest BCUT2D eigenvalue weighted by molar-refractivity contribution is 5.80. The van der Waals surface area contributed by atoms with E-state index in [9.17, 15) is 4.79 Å². The van der Waals surface area contributed by atoms with E-state index in [0.717, 1.165) is 27.7 Å². The van der Waals surface area contributed by atoms with Gasteiger partial charge in [0.1, 0.15) is 0 Å². The summed E-state index contributed by atoms with van der Waals surface area (Å²) < 4.78 is 3.80. The maximum Gasteiger partial charge on any atom is 0.329 e. The van der Waals surface area contributed by atoms with Crippen LogP contribution in [0.5, 0.6) is 0 Å². The Hall–Kier alpha value is -3.07. The summed E-state index contributed by atoms with van der Waals surface area (Å²) in [6.07, 6.45) is 0. The molecule has 0 saturated carbocycles. The standard InChI is InChI=1S/C23H22N2O/c1-17-13-18(2)22-21(14-17)24(15-19-9-5-3-6-10-19)23(26)25(22)16-20-11-7-4-8-12-20/h3-14H,15-16H2,1-2H3. The first-order valence-corrected chi connectivity index (χ1v) is 8.91. The molecule has 0 spiro atoms. The van der Waals surface area contributed by atoms with Crippen molar-refractivity contribution in [3.63, 3.8) is 0 Å². The molecule has 1 aromatic heterocycles. The molecule has 3 aromatic carbocycles. The zero-order valence-electron chi connectivity index (χ0n) is 15.1. The minimum Gasteiger partial charge on any atom is -0.287 e. The predicted molar refractivity (Wildman–Crippen MR) is 107 cm³/mol. The van der Waals surface area contributed by atoms with Crippen LogP contribution in [-0.2, 0) is 13.1 Å². The number of aromatic nitrogens is 2. The van der Waals surface area contributed by atoms with Crippen molar-refractivity contribution in [3.05, 3.63) is 106 Å². The first-order chi connectivity index (χ1) is 12.6. The lowest BCUT2D eigenvalue weighted by atomic mass is 10.1. The molecular weight excluding hydrogens is 320 g/mol. The van der Waals surface area contributed by atoms with Crippen LogP contribution in [0.2, 0.25) is 0 Å². The lowest BCUT2D eigenvalue weighted by molar-refractivity contribution is 0.700. The van der Waals surface area contributed by atoms with Gasteiger partial charge in [-0.2, -0.15) is 0 Å². The fourth-order valence-electron chi connectivity index (χ4n) is 3.67. The second-order valence-electron chi connectivity index (χ2n) is 6.88. The van der Waals surface area contributed by atoms with Crippen LogP contribution >= 0.6 is 0 Å². The van der Waals surface area contributed by atoms with Crippen LogP contribution in [0.1, 0.15) is 22.3 Å². The molecule has 0 bridgehead atoms. The number of imidazole rings is 1. The minimum atomic E-state index is 0.0430. The molecule has 0 aliphatic heterocycles. The van der Waals surface area contributed by atoms with Crippen LogP contribution in [0, 0.1) is 13.8 Å². The molecule has 0 aliphatic carbocycles. The quantitative estimate of drug-likeness (QED) is 0.536. The summed E-state index contributed by atoms with van der Waals surface area (Å²) in [5, 5.41) is 0. The maximum atomic E-state index is 13.3. The third-order valence-corrected chi connectivity index (χ3v) is 4.81. The van der Waals surface area contributed by atoms with Crippen molar-refractivity contribution in [2.45, 2.75) is 26.9 Å². The van der Waals surface area contributed by atoms with Crippen LogP contribution in [0.15, 0.2) is 77.6 Å². The van der Waals surface area contributed by atoms with Crippen molar-refractivity contribution in [1.29, 1.82) is 0 Å². The highest BCUT2D eigenvalue weighted by Crippen LogP contribution is 2.22. The third kappa shape index (κ3) is 2.97. The van der Waals surface area contributed by atoms with Gasteiger partial charge in [0, 0.05) is 0 Å². The van der Waals surface area contributed by atoms with Gasteiger partial charge in [-0.25, -0.2) is 4.79 Å². The first-order valence-electron chi connectivity index (χ1n) is 8.91. The molecule has 3 heteroatoms. The van der Waals surface area contributed by atoms with Gasteiger partial charge in [-0.3, -0.25) is 9.13 Å². The molecule has 0 atom stereocenters. The van der Waals surface area contributed by atoms with E-state index in [1.165, 1.54) is 5.56 Å². The molecule has 0 fully saturated rings. The van der Waals surface area contributed by atoms with Gasteiger partial charge >= 0.3 is 5.69 Å². The number of aryl methyl sites for hydroxylation is 2. The summed E-state index contributed by atoms with van der Waals surface area (Å²) in [4.78, 5) is 13.3. The van der Waals surface area contributed by atoms with Crippen molar-refractivity contribution >= 4 is 11.0 Å². The largest absolute Gasteiger partial charge is 0.329 e. The molecule has 0 amide bonds. The van der Waals surface area contributed by atoms with E-state index in [1.807, 2.05) is 45.5 Å². The molecule has 0 unspecified atom stereocenters. The molecule has 3 nitrogen and oxygen atoms in total. The number of benzene rings is 3. The molecule has 0 N–H and O–H groups in total. The van der Waals surface area contributed by atoms with Crippen LogP contribution in [0.3, 0.4) is 0 Å². The number of hydrogen-bond acceptors (Lipinski definition) is 1. The summed E-state index contributed by atoms with van der Waals surface area (Å²) in [6.45, 7) is 5.34. The molecule has 4 rings (SSSR count). The summed E-state index contributed by atoms with van der Waals surface area (Å²) in [6, 6.07) is 24.6. The number of fused-ring (bicyclic) bond motifs is 1. The molecule has 0 radical (unpaired) electrons. The number of hydrogen-bond donors (Lipinski definition) is 0. The molecule has 26 heavy (non-hydrogen) atoms. The number of rotatable bonds is 4. The summed E-state index contributed by atoms with van der Waals surface area (Å²) in [7, 11) is 0. The Bertz CT molecular complexity index is 1110. The molecule has 4 aromatic rings. The Balaban J connectivity index is 1.91. The Morgan fingerprint density at radius 2 is 1.27 bits per heavy atom. The Kier molecular flexibility index (Phi) is 4.21. The van der Waals surface area contributed by atoms with Crippen molar-refractivity contribution in [2.24, 2.45) is 0 Å². The van der Waals surface area contributed by atoms with E-state index >= 15 is 0 Å². The van der Waals surface area contributed by atoms with E-state index in [4.69, 9.17) is 0 Å². The highest BCUT2D eigenvalue weighted by Gasteiger charge is 2.16. The van der Waals surface area contributed by atoms with Gasteiger partial charge in [0.25, 0.3) is 0 Å². The monoisotopic (exact) mass is 342 g/mol. The highest BCUT2D eigenvalue weighted by atomic mass is 16.1. The van der Waals surface area contributed by atoms with Gasteiger partial charge in [0.2, 0.25) is 0 Å². The van der Waals surface area contributed by atoms with Crippen LogP contribution in [-0.4, -0.2) is 9.13 Å². The molecule has 0 aliphatic rings. The van der Waals surface area contributed by atoms with E-state index in [2.05, 4.69) is 50.2 Å². The molecule has 1 heterocycles. The van der Waals surface area contributed by atoms with E-state index in [1.54, 1.807) is 0 Å². The van der Waals surface area contributed by atoms with Gasteiger partial charge < -0.3 is 0 Å². The molecule has 130 valence electrons. The second-order valence-corrected chi connectivity index (χ2v) is 6.88. The normalized spacial score (nSPS) is 11.2. The fraction of sp³-hybridized carbons (Fsp3) is 0.174. The van der Waals surface area contributed by atoms with Gasteiger partial charge in [-0.05, 0) is 42.2 Å². The summed E-state index contributed by atoms with van der Waals surface area (Å²) in [5.41, 5.74) is 6.66. The second kappa shape index (κ2) is 6.68. The lowest BCUT2D eigenvalue weighted by Crippen LogP contribution is -2.25. The van der Waals surface area contributed by atoms with E-state index < -0.39 is 0 Å². The summed E-state index contributed by atoms with van der Waals surface area (Å²) >= 11 is 0. The van der Waals surface area contributed by atoms with Gasteiger partial charge in [0.15, 0.2) is 0 Å².